The molecule has 0 aliphatic carbocycles. The first-order valence-corrected chi connectivity index (χ1v) is 10.2. The van der Waals surface area contributed by atoms with Crippen LogP contribution in [0.1, 0.15) is 18.4 Å². The highest BCUT2D eigenvalue weighted by Crippen LogP contribution is 2.32. The number of benzene rings is 1. The summed E-state index contributed by atoms with van der Waals surface area (Å²) >= 11 is 0. The molecule has 0 radical (unpaired) electrons. The molecule has 30 heavy (non-hydrogen) atoms. The molecule has 9 heteroatoms. The first-order chi connectivity index (χ1) is 14.1. The third-order valence-electron chi connectivity index (χ3n) is 5.09. The molecule has 1 aromatic carbocycles. The first-order valence-electron chi connectivity index (χ1n) is 10.2. The normalized spacial score (nSPS) is 20.5. The van der Waals surface area contributed by atoms with Crippen molar-refractivity contribution in [3.8, 4) is 0 Å². The van der Waals surface area contributed by atoms with E-state index >= 15 is 0 Å². The monoisotopic (exact) mass is 532 g/mol. The number of halogens is 1. The lowest BCUT2D eigenvalue weighted by atomic mass is 10.1. The summed E-state index contributed by atoms with van der Waals surface area (Å²) in [6.45, 7) is 3.25. The number of carbonyl (C=O) groups excluding carboxylic acids is 1. The van der Waals surface area contributed by atoms with Crippen molar-refractivity contribution in [3.63, 3.8) is 0 Å². The number of rotatable bonds is 7. The van der Waals surface area contributed by atoms with E-state index in [4.69, 9.17) is 14.2 Å². The van der Waals surface area contributed by atoms with Crippen LogP contribution in [0.4, 0.5) is 0 Å². The van der Waals surface area contributed by atoms with E-state index in [9.17, 15) is 4.79 Å². The lowest BCUT2D eigenvalue weighted by Crippen LogP contribution is -2.44. The number of ether oxygens (including phenoxy) is 3. The Morgan fingerprint density at radius 1 is 1.20 bits per heavy atom. The van der Waals surface area contributed by atoms with Gasteiger partial charge in [-0.25, -0.2) is 4.99 Å². The first kappa shape index (κ1) is 24.8. The number of nitrogens with zero attached hydrogens (tertiary/aromatic N) is 2. The number of nitrogens with one attached hydrogen (secondary N) is 2. The smallest absolute Gasteiger partial charge is 0.243 e. The van der Waals surface area contributed by atoms with Crippen molar-refractivity contribution in [2.45, 2.75) is 31.2 Å². The van der Waals surface area contributed by atoms with Crippen LogP contribution in [-0.2, 0) is 25.4 Å². The number of guanidine groups is 1. The van der Waals surface area contributed by atoms with Crippen molar-refractivity contribution in [2.75, 3.05) is 53.6 Å². The Morgan fingerprint density at radius 2 is 1.93 bits per heavy atom. The van der Waals surface area contributed by atoms with Crippen molar-refractivity contribution in [3.05, 3.63) is 35.9 Å². The molecule has 0 bridgehead atoms. The molecule has 2 aliphatic heterocycles. The molecule has 168 valence electrons. The van der Waals surface area contributed by atoms with Crippen LogP contribution in [0.3, 0.4) is 0 Å². The van der Waals surface area contributed by atoms with Gasteiger partial charge in [0.05, 0.1) is 19.8 Å². The summed E-state index contributed by atoms with van der Waals surface area (Å²) in [6, 6.07) is 10.3. The maximum absolute atomic E-state index is 11.9. The lowest BCUT2D eigenvalue weighted by Gasteiger charge is -2.31. The molecule has 8 nitrogen and oxygen atoms in total. The fraction of sp³-hybridized carbons (Fsp3) is 0.619. The van der Waals surface area contributed by atoms with Gasteiger partial charge >= 0.3 is 0 Å². The molecule has 1 unspecified atom stereocenters. The van der Waals surface area contributed by atoms with Gasteiger partial charge < -0.3 is 29.7 Å². The Bertz CT molecular complexity index is 681. The van der Waals surface area contributed by atoms with E-state index in [0.29, 0.717) is 32.3 Å². The van der Waals surface area contributed by atoms with E-state index in [-0.39, 0.29) is 42.5 Å². The highest BCUT2D eigenvalue weighted by Gasteiger charge is 2.42. The zero-order valence-electron chi connectivity index (χ0n) is 17.8. The maximum atomic E-state index is 11.9. The van der Waals surface area contributed by atoms with Crippen LogP contribution in [0.2, 0.25) is 0 Å². The van der Waals surface area contributed by atoms with E-state index in [1.807, 2.05) is 18.2 Å². The van der Waals surface area contributed by atoms with Gasteiger partial charge in [0.1, 0.15) is 12.6 Å². The molecule has 2 saturated heterocycles. The molecular formula is C21H33IN4O4. The summed E-state index contributed by atoms with van der Waals surface area (Å²) in [5.41, 5.74) is 1.25. The highest BCUT2D eigenvalue weighted by atomic mass is 127. The molecule has 0 aromatic heterocycles. The van der Waals surface area contributed by atoms with E-state index in [1.165, 1.54) is 10.5 Å². The van der Waals surface area contributed by atoms with Crippen LogP contribution < -0.4 is 10.6 Å². The summed E-state index contributed by atoms with van der Waals surface area (Å²) < 4.78 is 17.5. The molecule has 3 rings (SSSR count). The summed E-state index contributed by atoms with van der Waals surface area (Å²) in [4.78, 5) is 17.9. The largest absolute Gasteiger partial charge is 0.381 e. The van der Waals surface area contributed by atoms with Gasteiger partial charge in [0.15, 0.2) is 11.7 Å². The second-order valence-electron chi connectivity index (χ2n) is 7.57. The van der Waals surface area contributed by atoms with Gasteiger partial charge in [-0.1, -0.05) is 30.3 Å². The van der Waals surface area contributed by atoms with Crippen LogP contribution >= 0.6 is 24.0 Å². The average molecular weight is 532 g/mol. The van der Waals surface area contributed by atoms with Crippen LogP contribution in [0.5, 0.6) is 0 Å². The Hall–Kier alpha value is -1.43. The van der Waals surface area contributed by atoms with Crippen molar-refractivity contribution >= 4 is 35.8 Å². The third kappa shape index (κ3) is 7.68. The van der Waals surface area contributed by atoms with E-state index in [2.05, 4.69) is 27.8 Å². The maximum Gasteiger partial charge on any atom is 0.243 e. The Kier molecular flexibility index (Phi) is 10.3. The van der Waals surface area contributed by atoms with Crippen molar-refractivity contribution in [1.29, 1.82) is 0 Å². The zero-order valence-corrected chi connectivity index (χ0v) is 20.1. The van der Waals surface area contributed by atoms with Gasteiger partial charge in [0.2, 0.25) is 5.91 Å². The van der Waals surface area contributed by atoms with Gasteiger partial charge in [-0.2, -0.15) is 0 Å². The molecule has 0 saturated carbocycles. The predicted molar refractivity (Wildman–Crippen MR) is 126 cm³/mol. The quantitative estimate of drug-likeness (QED) is 0.314. The van der Waals surface area contributed by atoms with Crippen LogP contribution in [0.25, 0.3) is 0 Å². The minimum absolute atomic E-state index is 0. The fourth-order valence-corrected chi connectivity index (χ4v) is 3.30. The van der Waals surface area contributed by atoms with E-state index in [1.54, 1.807) is 14.1 Å². The number of amides is 1. The van der Waals surface area contributed by atoms with Crippen LogP contribution in [-0.4, -0.2) is 82.2 Å². The van der Waals surface area contributed by atoms with Crippen molar-refractivity contribution in [1.82, 2.24) is 15.5 Å². The SMILES string of the molecule is CN(C)C(=O)CN=C(NCCc1ccccc1)NCC1COC2(CCOCC2)O1.I. The van der Waals surface area contributed by atoms with Gasteiger partial charge in [0, 0.05) is 40.0 Å². The Balaban J connectivity index is 0.00000320. The molecule has 2 fully saturated rings. The molecule has 2 heterocycles. The summed E-state index contributed by atoms with van der Waals surface area (Å²) in [6.07, 6.45) is 2.34. The number of hydrogen-bond acceptors (Lipinski definition) is 5. The Morgan fingerprint density at radius 3 is 2.63 bits per heavy atom. The molecule has 2 aliphatic rings. The molecule has 1 amide bonds. The molecule has 1 spiro atoms. The number of carbonyl (C=O) groups is 1. The minimum Gasteiger partial charge on any atom is -0.381 e. The predicted octanol–water partition coefficient (Wildman–Crippen LogP) is 1.39. The summed E-state index contributed by atoms with van der Waals surface area (Å²) in [7, 11) is 3.45. The van der Waals surface area contributed by atoms with Crippen LogP contribution in [0, 0.1) is 0 Å². The van der Waals surface area contributed by atoms with Crippen LogP contribution in [0.15, 0.2) is 35.3 Å². The summed E-state index contributed by atoms with van der Waals surface area (Å²) in [5.74, 6) is 0.0622. The Labute approximate surface area is 195 Å². The van der Waals surface area contributed by atoms with Crippen molar-refractivity contribution in [2.24, 2.45) is 4.99 Å². The van der Waals surface area contributed by atoms with Gasteiger partial charge in [-0.05, 0) is 12.0 Å². The van der Waals surface area contributed by atoms with E-state index < -0.39 is 5.79 Å². The topological polar surface area (TPSA) is 84.4 Å². The number of aliphatic imine (C=N–C) groups is 1. The number of hydrogen-bond donors (Lipinski definition) is 2. The summed E-state index contributed by atoms with van der Waals surface area (Å²) in [5, 5.41) is 6.61. The van der Waals surface area contributed by atoms with Gasteiger partial charge in [-0.15, -0.1) is 24.0 Å². The minimum atomic E-state index is -0.496. The van der Waals surface area contributed by atoms with Crippen molar-refractivity contribution < 1.29 is 19.0 Å². The standard InChI is InChI=1S/C21H32N4O4.HI/c1-25(2)19(26)15-24-20(22-11-8-17-6-4-3-5-7-17)23-14-18-16-28-21(29-18)9-12-27-13-10-21;/h3-7,18H,8-16H2,1-2H3,(H2,22,23,24);1H. The average Bonchev–Trinajstić information content (AvgIpc) is 3.12. The molecule has 1 aromatic rings. The lowest BCUT2D eigenvalue weighted by molar-refractivity contribution is -0.210. The fourth-order valence-electron chi connectivity index (χ4n) is 3.30. The molecule has 1 atom stereocenters. The molecular weight excluding hydrogens is 499 g/mol. The second-order valence-corrected chi connectivity index (χ2v) is 7.57. The number of likely N-dealkylation sites (N-methyl/N-ethyl adjacent to an activating group) is 1. The zero-order chi connectivity index (χ0) is 20.5. The van der Waals surface area contributed by atoms with Gasteiger partial charge in [0.25, 0.3) is 0 Å². The second kappa shape index (κ2) is 12.4. The van der Waals surface area contributed by atoms with E-state index in [0.717, 1.165) is 25.8 Å². The molecule has 2 N–H and O–H groups in total. The van der Waals surface area contributed by atoms with Gasteiger partial charge in [-0.3, -0.25) is 4.79 Å². The third-order valence-corrected chi connectivity index (χ3v) is 5.09. The highest BCUT2D eigenvalue weighted by molar-refractivity contribution is 14.0.